The van der Waals surface area contributed by atoms with E-state index in [1.807, 2.05) is 48.5 Å². The van der Waals surface area contributed by atoms with Crippen LogP contribution in [0, 0.1) is 5.92 Å². The molecule has 20 nitrogen and oxygen atoms in total. The van der Waals surface area contributed by atoms with E-state index in [1.165, 1.54) is 6.20 Å². The standard InChI is InChI=1S/C54H66Br2N12O8S2/c1-30(2)46-54(76)67-45(52(74)63-41(47(59)69)23-32-14-18-36(56)19-15-32)29-78-77-28-44(66-48(70)38(58)22-31-12-16-35(55)17-13-31)53(75)64-42(24-33-8-7-21-60-26-33)50(72)65-43(25-34-27-61-39-10-4-3-9-37(34)39)51(73)62-40(49(71)68-46)11-5-6-20-57/h3-4,7-10,12-19,21,26-27,30,38,40-46,61H,5-6,11,20,22-25,28-29,57-58H2,1-2H3,(H2,59,69)(H,62,73)(H,63,74)(H,64,75)(H,65,72)(H,66,70)(H,67,76)(H,68,71)/t38-,40-,41-,42-,43?,44?,45?,46?/m0/s1. The van der Waals surface area contributed by atoms with Gasteiger partial charge in [0.25, 0.3) is 0 Å². The Kier molecular flexibility index (Phi) is 23.6. The molecule has 24 heteroatoms. The number of pyridine rings is 1. The summed E-state index contributed by atoms with van der Waals surface area (Å²) in [5, 5.41) is 20.4. The van der Waals surface area contributed by atoms with E-state index in [9.17, 15) is 38.4 Å². The molecular formula is C54H66Br2N12O8S2. The van der Waals surface area contributed by atoms with Crippen LogP contribution in [-0.2, 0) is 64.0 Å². The Balaban J connectivity index is 1.38. The summed E-state index contributed by atoms with van der Waals surface area (Å²) in [4.78, 5) is 122. The van der Waals surface area contributed by atoms with E-state index < -0.39 is 102 Å². The van der Waals surface area contributed by atoms with Crippen molar-refractivity contribution in [2.24, 2.45) is 23.1 Å². The third-order valence-electron chi connectivity index (χ3n) is 12.9. The molecule has 3 heterocycles. The smallest absolute Gasteiger partial charge is 0.244 e. The number of carbonyl (C=O) groups is 8. The van der Waals surface area contributed by atoms with Crippen LogP contribution in [0.4, 0.5) is 0 Å². The molecule has 14 N–H and O–H groups in total. The average Bonchev–Trinajstić information content (AvgIpc) is 3.88. The summed E-state index contributed by atoms with van der Waals surface area (Å²) < 4.78 is 1.63. The van der Waals surface area contributed by atoms with Gasteiger partial charge in [0, 0.05) is 69.2 Å². The monoisotopic (exact) mass is 1230 g/mol. The zero-order chi connectivity index (χ0) is 56.3. The van der Waals surface area contributed by atoms with E-state index >= 15 is 0 Å². The number of nitrogens with one attached hydrogen (secondary N) is 8. The number of primary amides is 1. The largest absolute Gasteiger partial charge is 0.368 e. The zero-order valence-electron chi connectivity index (χ0n) is 43.1. The minimum absolute atomic E-state index is 0.0295. The minimum atomic E-state index is -1.36. The number of para-hydroxylation sites is 1. The van der Waals surface area contributed by atoms with Crippen LogP contribution in [-0.4, -0.2) is 124 Å². The third kappa shape index (κ3) is 18.4. The number of aromatic amines is 1. The van der Waals surface area contributed by atoms with E-state index in [0.717, 1.165) is 47.0 Å². The molecule has 1 aliphatic heterocycles. The van der Waals surface area contributed by atoms with Gasteiger partial charge in [-0.2, -0.15) is 0 Å². The Morgan fingerprint density at radius 3 is 1.96 bits per heavy atom. The predicted molar refractivity (Wildman–Crippen MR) is 309 cm³/mol. The SMILES string of the molecule is CC(C)C1NC(=O)[C@H](CCCCN)NC(=O)C(Cc2c[nH]c3ccccc23)NC(=O)[C@H](Cc2cccnc2)NC(=O)C(NC(=O)[C@@H](N)Cc2ccc(Br)cc2)CSSCC(C(=O)N[C@@H](Cc2ccc(Br)cc2)C(N)=O)NC1=O. The highest BCUT2D eigenvalue weighted by molar-refractivity contribution is 9.10. The number of halogens is 2. The Bertz CT molecular complexity index is 2870. The summed E-state index contributed by atoms with van der Waals surface area (Å²) in [5.41, 5.74) is 21.6. The summed E-state index contributed by atoms with van der Waals surface area (Å²) in [5.74, 6) is -6.86. The van der Waals surface area contributed by atoms with Crippen LogP contribution in [0.3, 0.4) is 0 Å². The maximum atomic E-state index is 14.8. The second-order valence-corrected chi connectivity index (χ2v) is 23.6. The van der Waals surface area contributed by atoms with Crippen LogP contribution in [0.5, 0.6) is 0 Å². The number of rotatable bonds is 18. The van der Waals surface area contributed by atoms with Crippen LogP contribution >= 0.6 is 53.4 Å². The molecule has 1 aliphatic rings. The number of unbranched alkanes of at least 4 members (excludes halogenated alkanes) is 1. The maximum absolute atomic E-state index is 14.8. The number of fused-ring (bicyclic) bond motifs is 1. The molecule has 0 spiro atoms. The van der Waals surface area contributed by atoms with Crippen LogP contribution < -0.4 is 54.4 Å². The quantitative estimate of drug-likeness (QED) is 0.0445. The van der Waals surface area contributed by atoms with Crippen LogP contribution in [0.25, 0.3) is 10.9 Å². The molecule has 5 aromatic rings. The highest BCUT2D eigenvalue weighted by Crippen LogP contribution is 2.25. The van der Waals surface area contributed by atoms with Crippen LogP contribution in [0.1, 0.15) is 55.4 Å². The van der Waals surface area contributed by atoms with E-state index in [1.54, 1.807) is 62.6 Å². The van der Waals surface area contributed by atoms with Gasteiger partial charge < -0.3 is 59.4 Å². The molecule has 0 bridgehead atoms. The summed E-state index contributed by atoms with van der Waals surface area (Å²) >= 11 is 6.81. The van der Waals surface area contributed by atoms with Gasteiger partial charge in [-0.05, 0) is 96.8 Å². The first kappa shape index (κ1) is 60.9. The van der Waals surface area contributed by atoms with Gasteiger partial charge in [0.1, 0.15) is 42.3 Å². The molecule has 0 aliphatic carbocycles. The highest BCUT2D eigenvalue weighted by Gasteiger charge is 2.36. The number of nitrogens with zero attached hydrogens (tertiary/aromatic N) is 1. The van der Waals surface area contributed by atoms with Gasteiger partial charge in [0.2, 0.25) is 47.3 Å². The van der Waals surface area contributed by atoms with Crippen molar-refractivity contribution in [2.75, 3.05) is 18.1 Å². The number of hydrogen-bond acceptors (Lipinski definition) is 13. The van der Waals surface area contributed by atoms with Crippen molar-refractivity contribution in [1.29, 1.82) is 0 Å². The molecule has 0 saturated carbocycles. The highest BCUT2D eigenvalue weighted by atomic mass is 79.9. The lowest BCUT2D eigenvalue weighted by atomic mass is 10.00. The van der Waals surface area contributed by atoms with Gasteiger partial charge in [0.15, 0.2) is 0 Å². The first-order valence-corrected chi connectivity index (χ1v) is 29.5. The van der Waals surface area contributed by atoms with Gasteiger partial charge in [-0.3, -0.25) is 43.3 Å². The van der Waals surface area contributed by atoms with Crippen molar-refractivity contribution in [2.45, 2.75) is 107 Å². The molecule has 0 radical (unpaired) electrons. The lowest BCUT2D eigenvalue weighted by Crippen LogP contribution is -2.61. The number of hydrogen-bond donors (Lipinski definition) is 11. The Labute approximate surface area is 477 Å². The number of nitrogens with two attached hydrogens (primary N) is 3. The molecule has 8 amide bonds. The molecular weight excluding hydrogens is 1170 g/mol. The van der Waals surface area contributed by atoms with E-state index in [2.05, 4.69) is 79.0 Å². The van der Waals surface area contributed by atoms with Crippen molar-refractivity contribution < 1.29 is 38.4 Å². The molecule has 1 saturated heterocycles. The molecule has 6 rings (SSSR count). The Morgan fingerprint density at radius 2 is 1.32 bits per heavy atom. The fraction of sp³-hybridized carbons (Fsp3) is 0.389. The van der Waals surface area contributed by atoms with E-state index in [4.69, 9.17) is 17.2 Å². The number of benzene rings is 3. The van der Waals surface area contributed by atoms with Crippen molar-refractivity contribution in [3.05, 3.63) is 135 Å². The average molecular weight is 1240 g/mol. The van der Waals surface area contributed by atoms with Crippen molar-refractivity contribution in [1.82, 2.24) is 47.2 Å². The summed E-state index contributed by atoms with van der Waals surface area (Å²) in [6.07, 6.45) is 5.81. The maximum Gasteiger partial charge on any atom is 0.244 e. The lowest BCUT2D eigenvalue weighted by Gasteiger charge is -2.29. The Morgan fingerprint density at radius 1 is 0.705 bits per heavy atom. The first-order valence-electron chi connectivity index (χ1n) is 25.4. The number of H-pyrrole nitrogens is 1. The molecule has 8 atom stereocenters. The number of aromatic nitrogens is 2. The third-order valence-corrected chi connectivity index (χ3v) is 16.4. The van der Waals surface area contributed by atoms with Gasteiger partial charge >= 0.3 is 0 Å². The Hall–Kier alpha value is -6.31. The second-order valence-electron chi connectivity index (χ2n) is 19.2. The summed E-state index contributed by atoms with van der Waals surface area (Å²) in [6.45, 7) is 3.70. The predicted octanol–water partition coefficient (Wildman–Crippen LogP) is 2.74. The van der Waals surface area contributed by atoms with Crippen molar-refractivity contribution in [3.8, 4) is 0 Å². The van der Waals surface area contributed by atoms with E-state index in [-0.39, 0.29) is 43.6 Å². The number of carbonyl (C=O) groups excluding carboxylic acids is 8. The first-order chi connectivity index (χ1) is 37.4. The topological polar surface area (TPSA) is 328 Å². The van der Waals surface area contributed by atoms with Crippen molar-refractivity contribution in [3.63, 3.8) is 0 Å². The number of amides is 8. The fourth-order valence-corrected chi connectivity index (χ4v) is 11.4. The fourth-order valence-electron chi connectivity index (χ4n) is 8.52. The normalized spacial score (nSPS) is 21.0. The molecule has 4 unspecified atom stereocenters. The van der Waals surface area contributed by atoms with Crippen LogP contribution in [0.2, 0.25) is 0 Å². The molecule has 3 aromatic carbocycles. The summed E-state index contributed by atoms with van der Waals surface area (Å²) in [6, 6.07) is 14.9. The van der Waals surface area contributed by atoms with Gasteiger partial charge in [-0.25, -0.2) is 0 Å². The van der Waals surface area contributed by atoms with Crippen LogP contribution in [0.15, 0.2) is 112 Å². The van der Waals surface area contributed by atoms with Gasteiger partial charge in [0.05, 0.1) is 6.04 Å². The van der Waals surface area contributed by atoms with Gasteiger partial charge in [-0.1, -0.05) is 116 Å². The molecule has 78 heavy (non-hydrogen) atoms. The lowest BCUT2D eigenvalue weighted by molar-refractivity contribution is -0.136. The molecule has 1 fully saturated rings. The molecule has 416 valence electrons. The molecule has 2 aromatic heterocycles. The second kappa shape index (κ2) is 30.2. The summed E-state index contributed by atoms with van der Waals surface area (Å²) in [7, 11) is 2.15. The van der Waals surface area contributed by atoms with Gasteiger partial charge in [-0.15, -0.1) is 0 Å². The minimum Gasteiger partial charge on any atom is -0.368 e. The zero-order valence-corrected chi connectivity index (χ0v) is 47.9. The van der Waals surface area contributed by atoms with E-state index in [0.29, 0.717) is 36.1 Å². The van der Waals surface area contributed by atoms with Crippen molar-refractivity contribution >= 4 is 112 Å².